The van der Waals surface area contributed by atoms with Crippen molar-refractivity contribution in [3.63, 3.8) is 0 Å². The van der Waals surface area contributed by atoms with Crippen molar-refractivity contribution in [2.75, 3.05) is 40.3 Å². The summed E-state index contributed by atoms with van der Waals surface area (Å²) in [4.78, 5) is 5.14. The molecule has 1 unspecified atom stereocenters. The highest BCUT2D eigenvalue weighted by Gasteiger charge is 2.21. The summed E-state index contributed by atoms with van der Waals surface area (Å²) in [7, 11) is 4.35. The third kappa shape index (κ3) is 5.36. The van der Waals surface area contributed by atoms with Gasteiger partial charge in [0.25, 0.3) is 0 Å². The lowest BCUT2D eigenvalue weighted by Crippen LogP contribution is -2.43. The second-order valence-corrected chi connectivity index (χ2v) is 5.48. The Bertz CT molecular complexity index is 188. The molecule has 1 atom stereocenters. The summed E-state index contributed by atoms with van der Waals surface area (Å²) in [5, 5.41) is 3.31. The summed E-state index contributed by atoms with van der Waals surface area (Å²) < 4.78 is 0. The van der Waals surface area contributed by atoms with Gasteiger partial charge >= 0.3 is 0 Å². The molecule has 0 aromatic heterocycles. The lowest BCUT2D eigenvalue weighted by Gasteiger charge is -2.36. The molecule has 0 saturated carbocycles. The van der Waals surface area contributed by atoms with Gasteiger partial charge in [-0.2, -0.15) is 0 Å². The number of nitrogens with one attached hydrogen (secondary N) is 1. The number of rotatable bonds is 7. The summed E-state index contributed by atoms with van der Waals surface area (Å²) >= 11 is 0. The normalized spacial score (nSPS) is 21.0. The molecule has 1 aliphatic rings. The molecular weight excluding hydrogens is 210 g/mol. The van der Waals surface area contributed by atoms with Crippen LogP contribution in [0.4, 0.5) is 0 Å². The standard InChI is InChI=1S/C14H31N3/c1-5-17-11-8-14(9-12-17)16(4)10-6-7-13(2)15-3/h13-15H,5-12H2,1-4H3. The van der Waals surface area contributed by atoms with Gasteiger partial charge in [0.1, 0.15) is 0 Å². The Morgan fingerprint density at radius 1 is 1.35 bits per heavy atom. The van der Waals surface area contributed by atoms with E-state index in [9.17, 15) is 0 Å². The molecule has 0 aromatic carbocycles. The smallest absolute Gasteiger partial charge is 0.0117 e. The molecule has 1 N–H and O–H groups in total. The third-order valence-corrected chi connectivity index (χ3v) is 4.27. The van der Waals surface area contributed by atoms with Crippen molar-refractivity contribution >= 4 is 0 Å². The van der Waals surface area contributed by atoms with Gasteiger partial charge in [-0.15, -0.1) is 0 Å². The van der Waals surface area contributed by atoms with Gasteiger partial charge in [-0.1, -0.05) is 6.92 Å². The van der Waals surface area contributed by atoms with E-state index in [1.54, 1.807) is 0 Å². The van der Waals surface area contributed by atoms with Crippen LogP contribution in [-0.4, -0.2) is 62.2 Å². The summed E-state index contributed by atoms with van der Waals surface area (Å²) in [6, 6.07) is 1.48. The Morgan fingerprint density at radius 3 is 2.53 bits per heavy atom. The number of piperidine rings is 1. The van der Waals surface area contributed by atoms with E-state index in [2.05, 4.69) is 43.1 Å². The average Bonchev–Trinajstić information content (AvgIpc) is 2.38. The van der Waals surface area contributed by atoms with Gasteiger partial charge in [-0.05, 0) is 72.9 Å². The number of hydrogen-bond donors (Lipinski definition) is 1. The van der Waals surface area contributed by atoms with Crippen LogP contribution in [0.1, 0.15) is 39.5 Å². The van der Waals surface area contributed by atoms with Gasteiger partial charge < -0.3 is 15.1 Å². The lowest BCUT2D eigenvalue weighted by molar-refractivity contribution is 0.130. The SMILES string of the molecule is CCN1CCC(N(C)CCCC(C)NC)CC1. The first-order valence-corrected chi connectivity index (χ1v) is 7.27. The first-order valence-electron chi connectivity index (χ1n) is 7.27. The average molecular weight is 241 g/mol. The Hall–Kier alpha value is -0.120. The van der Waals surface area contributed by atoms with E-state index in [4.69, 9.17) is 0 Å². The van der Waals surface area contributed by atoms with Crippen molar-refractivity contribution < 1.29 is 0 Å². The summed E-state index contributed by atoms with van der Waals surface area (Å²) in [5.74, 6) is 0. The molecule has 102 valence electrons. The maximum absolute atomic E-state index is 3.31. The molecule has 0 radical (unpaired) electrons. The van der Waals surface area contributed by atoms with E-state index in [1.807, 2.05) is 0 Å². The maximum Gasteiger partial charge on any atom is 0.0117 e. The van der Waals surface area contributed by atoms with Gasteiger partial charge in [-0.3, -0.25) is 0 Å². The van der Waals surface area contributed by atoms with Gasteiger partial charge in [0.2, 0.25) is 0 Å². The highest BCUT2D eigenvalue weighted by molar-refractivity contribution is 4.77. The van der Waals surface area contributed by atoms with Crippen LogP contribution in [0.15, 0.2) is 0 Å². The highest BCUT2D eigenvalue weighted by atomic mass is 15.2. The van der Waals surface area contributed by atoms with E-state index in [-0.39, 0.29) is 0 Å². The van der Waals surface area contributed by atoms with E-state index >= 15 is 0 Å². The van der Waals surface area contributed by atoms with Crippen molar-refractivity contribution in [3.8, 4) is 0 Å². The maximum atomic E-state index is 3.31. The zero-order chi connectivity index (χ0) is 12.7. The third-order valence-electron chi connectivity index (χ3n) is 4.27. The van der Waals surface area contributed by atoms with Crippen LogP contribution >= 0.6 is 0 Å². The van der Waals surface area contributed by atoms with Crippen LogP contribution in [0.25, 0.3) is 0 Å². The monoisotopic (exact) mass is 241 g/mol. The van der Waals surface area contributed by atoms with Crippen LogP contribution in [-0.2, 0) is 0 Å². The topological polar surface area (TPSA) is 18.5 Å². The fourth-order valence-corrected chi connectivity index (χ4v) is 2.65. The Kier molecular flexibility index (Phi) is 7.09. The number of likely N-dealkylation sites (tertiary alicyclic amines) is 1. The molecule has 1 fully saturated rings. The molecule has 0 bridgehead atoms. The Labute approximate surface area is 108 Å². The Balaban J connectivity index is 2.13. The van der Waals surface area contributed by atoms with Crippen LogP contribution < -0.4 is 5.32 Å². The fourth-order valence-electron chi connectivity index (χ4n) is 2.65. The zero-order valence-corrected chi connectivity index (χ0v) is 12.2. The van der Waals surface area contributed by atoms with Crippen molar-refractivity contribution in [1.82, 2.24) is 15.1 Å². The molecular formula is C14H31N3. The number of hydrogen-bond acceptors (Lipinski definition) is 3. The molecule has 0 aromatic rings. The second-order valence-electron chi connectivity index (χ2n) is 5.48. The van der Waals surface area contributed by atoms with Crippen LogP contribution in [0.5, 0.6) is 0 Å². The van der Waals surface area contributed by atoms with Crippen molar-refractivity contribution in [2.45, 2.75) is 51.6 Å². The molecule has 17 heavy (non-hydrogen) atoms. The minimum Gasteiger partial charge on any atom is -0.317 e. The van der Waals surface area contributed by atoms with Crippen LogP contribution in [0.3, 0.4) is 0 Å². The van der Waals surface area contributed by atoms with Crippen molar-refractivity contribution in [3.05, 3.63) is 0 Å². The lowest BCUT2D eigenvalue weighted by atomic mass is 10.0. The fraction of sp³-hybridized carbons (Fsp3) is 1.00. The van der Waals surface area contributed by atoms with Crippen LogP contribution in [0.2, 0.25) is 0 Å². The zero-order valence-electron chi connectivity index (χ0n) is 12.2. The Morgan fingerprint density at radius 2 is 2.00 bits per heavy atom. The van der Waals surface area contributed by atoms with E-state index in [0.29, 0.717) is 6.04 Å². The summed E-state index contributed by atoms with van der Waals surface area (Å²) in [6.07, 6.45) is 5.30. The molecule has 1 rings (SSSR count). The van der Waals surface area contributed by atoms with Gasteiger partial charge in [0.05, 0.1) is 0 Å². The molecule has 0 spiro atoms. The minimum atomic E-state index is 0.658. The molecule has 3 nitrogen and oxygen atoms in total. The van der Waals surface area contributed by atoms with Gasteiger partial charge in [-0.25, -0.2) is 0 Å². The highest BCUT2D eigenvalue weighted by Crippen LogP contribution is 2.15. The molecule has 1 aliphatic heterocycles. The van der Waals surface area contributed by atoms with Gasteiger partial charge in [0.15, 0.2) is 0 Å². The molecule has 3 heteroatoms. The van der Waals surface area contributed by atoms with E-state index in [1.165, 1.54) is 51.9 Å². The van der Waals surface area contributed by atoms with Crippen molar-refractivity contribution in [1.29, 1.82) is 0 Å². The van der Waals surface area contributed by atoms with E-state index < -0.39 is 0 Å². The molecule has 0 aliphatic carbocycles. The first kappa shape index (κ1) is 14.9. The van der Waals surface area contributed by atoms with Crippen LogP contribution in [0, 0.1) is 0 Å². The number of nitrogens with zero attached hydrogens (tertiary/aromatic N) is 2. The summed E-state index contributed by atoms with van der Waals surface area (Å²) in [5.41, 5.74) is 0. The summed E-state index contributed by atoms with van der Waals surface area (Å²) in [6.45, 7) is 9.58. The van der Waals surface area contributed by atoms with Gasteiger partial charge in [0, 0.05) is 12.1 Å². The van der Waals surface area contributed by atoms with E-state index in [0.717, 1.165) is 6.04 Å². The minimum absolute atomic E-state index is 0.658. The molecule has 0 amide bonds. The predicted molar refractivity (Wildman–Crippen MR) is 75.5 cm³/mol. The quantitative estimate of drug-likeness (QED) is 0.733. The largest absolute Gasteiger partial charge is 0.317 e. The second kappa shape index (κ2) is 8.06. The van der Waals surface area contributed by atoms with Crippen molar-refractivity contribution in [2.24, 2.45) is 0 Å². The molecule has 1 saturated heterocycles. The molecule has 1 heterocycles. The first-order chi connectivity index (χ1) is 8.17. The predicted octanol–water partition coefficient (Wildman–Crippen LogP) is 1.79.